The Morgan fingerprint density at radius 2 is 1.72 bits per heavy atom. The van der Waals surface area contributed by atoms with Crippen molar-refractivity contribution in [3.8, 4) is 11.3 Å². The van der Waals surface area contributed by atoms with E-state index in [2.05, 4.69) is 21.8 Å². The van der Waals surface area contributed by atoms with E-state index in [1.54, 1.807) is 20.8 Å². The highest BCUT2D eigenvalue weighted by Gasteiger charge is 2.33. The third-order valence-electron chi connectivity index (χ3n) is 4.91. The van der Waals surface area contributed by atoms with Crippen LogP contribution >= 0.6 is 0 Å². The molecule has 3 rings (SSSR count). The van der Waals surface area contributed by atoms with Gasteiger partial charge < -0.3 is 4.98 Å². The van der Waals surface area contributed by atoms with Gasteiger partial charge in [-0.3, -0.25) is 0 Å². The smallest absolute Gasteiger partial charge is 0.216 e. The molecule has 0 atom stereocenters. The molecular weight excluding hydrogens is 334 g/mol. The van der Waals surface area contributed by atoms with Crippen LogP contribution in [0.4, 0.5) is 0 Å². The third kappa shape index (κ3) is 4.12. The van der Waals surface area contributed by atoms with Crippen LogP contribution in [0.3, 0.4) is 0 Å². The van der Waals surface area contributed by atoms with E-state index in [4.69, 9.17) is 4.98 Å². The average molecular weight is 362 g/mol. The second kappa shape index (κ2) is 6.92. The lowest BCUT2D eigenvalue weighted by Crippen LogP contribution is -2.45. The van der Waals surface area contributed by atoms with Gasteiger partial charge in [0.15, 0.2) is 0 Å². The van der Waals surface area contributed by atoms with Crippen molar-refractivity contribution in [1.29, 1.82) is 0 Å². The molecule has 5 nitrogen and oxygen atoms in total. The first-order valence-corrected chi connectivity index (χ1v) is 10.4. The SMILES string of the molecule is CC(C)(C)S(=O)(=O)N[C@H]1CC[C@H](c2nc(-c3ccccc3)c[nH]2)CC1. The van der Waals surface area contributed by atoms with Crippen molar-refractivity contribution >= 4 is 10.0 Å². The zero-order valence-corrected chi connectivity index (χ0v) is 15.9. The highest BCUT2D eigenvalue weighted by molar-refractivity contribution is 7.90. The zero-order chi connectivity index (χ0) is 18.1. The van der Waals surface area contributed by atoms with Crippen LogP contribution in [-0.2, 0) is 10.0 Å². The van der Waals surface area contributed by atoms with Crippen LogP contribution in [-0.4, -0.2) is 29.2 Å². The molecule has 0 spiro atoms. The molecule has 136 valence electrons. The number of nitrogens with one attached hydrogen (secondary N) is 2. The predicted octanol–water partition coefficient (Wildman–Crippen LogP) is 3.82. The quantitative estimate of drug-likeness (QED) is 0.869. The Balaban J connectivity index is 1.61. The molecule has 1 fully saturated rings. The van der Waals surface area contributed by atoms with E-state index in [0.29, 0.717) is 5.92 Å². The summed E-state index contributed by atoms with van der Waals surface area (Å²) >= 11 is 0. The maximum Gasteiger partial charge on any atom is 0.216 e. The molecule has 1 aliphatic rings. The molecule has 0 bridgehead atoms. The largest absolute Gasteiger partial charge is 0.348 e. The average Bonchev–Trinajstić information content (AvgIpc) is 3.05. The van der Waals surface area contributed by atoms with E-state index in [1.807, 2.05) is 24.4 Å². The van der Waals surface area contributed by atoms with Gasteiger partial charge in [0.2, 0.25) is 10.0 Å². The van der Waals surface area contributed by atoms with Crippen molar-refractivity contribution in [3.63, 3.8) is 0 Å². The number of hydrogen-bond acceptors (Lipinski definition) is 3. The van der Waals surface area contributed by atoms with Crippen LogP contribution in [0.25, 0.3) is 11.3 Å². The Bertz CT molecular complexity index is 799. The number of H-pyrrole nitrogens is 1. The van der Waals surface area contributed by atoms with E-state index < -0.39 is 14.8 Å². The van der Waals surface area contributed by atoms with Crippen LogP contribution in [0.5, 0.6) is 0 Å². The second-order valence-corrected chi connectivity index (χ2v) is 10.3. The zero-order valence-electron chi connectivity index (χ0n) is 15.1. The summed E-state index contributed by atoms with van der Waals surface area (Å²) in [4.78, 5) is 8.06. The van der Waals surface area contributed by atoms with Gasteiger partial charge in [-0.05, 0) is 46.5 Å². The molecule has 0 amide bonds. The monoisotopic (exact) mass is 361 g/mol. The van der Waals surface area contributed by atoms with Crippen molar-refractivity contribution in [1.82, 2.24) is 14.7 Å². The molecule has 1 aliphatic carbocycles. The number of rotatable bonds is 4. The van der Waals surface area contributed by atoms with E-state index in [-0.39, 0.29) is 6.04 Å². The number of aromatic amines is 1. The van der Waals surface area contributed by atoms with E-state index in [0.717, 1.165) is 42.8 Å². The van der Waals surface area contributed by atoms with Crippen molar-refractivity contribution in [2.24, 2.45) is 0 Å². The highest BCUT2D eigenvalue weighted by atomic mass is 32.2. The number of benzene rings is 1. The number of nitrogens with zero attached hydrogens (tertiary/aromatic N) is 1. The fourth-order valence-electron chi connectivity index (χ4n) is 3.18. The first-order chi connectivity index (χ1) is 11.8. The Morgan fingerprint density at radius 3 is 2.32 bits per heavy atom. The summed E-state index contributed by atoms with van der Waals surface area (Å²) in [7, 11) is -3.28. The molecule has 6 heteroatoms. The summed E-state index contributed by atoms with van der Waals surface area (Å²) in [5, 5.41) is 0. The molecule has 1 saturated carbocycles. The summed E-state index contributed by atoms with van der Waals surface area (Å²) in [5.41, 5.74) is 2.07. The van der Waals surface area contributed by atoms with Crippen molar-refractivity contribution in [3.05, 3.63) is 42.4 Å². The summed E-state index contributed by atoms with van der Waals surface area (Å²) in [6, 6.07) is 10.2. The molecule has 1 heterocycles. The molecule has 0 saturated heterocycles. The molecule has 2 N–H and O–H groups in total. The van der Waals surface area contributed by atoms with Gasteiger partial charge in [-0.2, -0.15) is 0 Å². The highest BCUT2D eigenvalue weighted by Crippen LogP contribution is 2.33. The van der Waals surface area contributed by atoms with Crippen molar-refractivity contribution in [2.45, 2.75) is 63.2 Å². The van der Waals surface area contributed by atoms with Crippen molar-refractivity contribution in [2.75, 3.05) is 0 Å². The van der Waals surface area contributed by atoms with Crippen LogP contribution in [0.2, 0.25) is 0 Å². The number of hydrogen-bond donors (Lipinski definition) is 2. The fourth-order valence-corrected chi connectivity index (χ4v) is 4.21. The minimum Gasteiger partial charge on any atom is -0.348 e. The van der Waals surface area contributed by atoms with Gasteiger partial charge in [-0.15, -0.1) is 0 Å². The molecule has 25 heavy (non-hydrogen) atoms. The molecule has 0 aliphatic heterocycles. The molecular formula is C19H27N3O2S. The topological polar surface area (TPSA) is 74.8 Å². The second-order valence-electron chi connectivity index (χ2n) is 7.82. The van der Waals surface area contributed by atoms with Crippen LogP contribution in [0.1, 0.15) is 58.2 Å². The maximum absolute atomic E-state index is 12.3. The molecule has 1 aromatic carbocycles. The van der Waals surface area contributed by atoms with Gasteiger partial charge in [0.1, 0.15) is 5.82 Å². The molecule has 0 unspecified atom stereocenters. The van der Waals surface area contributed by atoms with Crippen LogP contribution < -0.4 is 4.72 Å². The summed E-state index contributed by atoms with van der Waals surface area (Å²) in [5.74, 6) is 1.38. The minimum atomic E-state index is -3.28. The van der Waals surface area contributed by atoms with Crippen LogP contribution in [0, 0.1) is 0 Å². The van der Waals surface area contributed by atoms with Crippen LogP contribution in [0.15, 0.2) is 36.5 Å². The van der Waals surface area contributed by atoms with Gasteiger partial charge in [0.25, 0.3) is 0 Å². The molecule has 1 aromatic heterocycles. The van der Waals surface area contributed by atoms with E-state index >= 15 is 0 Å². The summed E-state index contributed by atoms with van der Waals surface area (Å²) in [6.45, 7) is 5.19. The lowest BCUT2D eigenvalue weighted by Gasteiger charge is -2.30. The summed E-state index contributed by atoms with van der Waals surface area (Å²) in [6.07, 6.45) is 5.54. The first kappa shape index (κ1) is 18.1. The Labute approximate surface area is 150 Å². The van der Waals surface area contributed by atoms with E-state index in [9.17, 15) is 8.42 Å². The van der Waals surface area contributed by atoms with Gasteiger partial charge in [0.05, 0.1) is 10.4 Å². The Hall–Kier alpha value is -1.66. The number of imidazole rings is 1. The predicted molar refractivity (Wildman–Crippen MR) is 101 cm³/mol. The molecule has 0 radical (unpaired) electrons. The number of sulfonamides is 1. The van der Waals surface area contributed by atoms with E-state index in [1.165, 1.54) is 0 Å². The van der Waals surface area contributed by atoms with Crippen molar-refractivity contribution < 1.29 is 8.42 Å². The number of aromatic nitrogens is 2. The normalized spacial score (nSPS) is 22.0. The first-order valence-electron chi connectivity index (χ1n) is 8.89. The third-order valence-corrected chi connectivity index (χ3v) is 7.17. The van der Waals surface area contributed by atoms with Gasteiger partial charge >= 0.3 is 0 Å². The van der Waals surface area contributed by atoms with Gasteiger partial charge in [-0.1, -0.05) is 30.3 Å². The van der Waals surface area contributed by atoms with Gasteiger partial charge in [-0.25, -0.2) is 18.1 Å². The lowest BCUT2D eigenvalue weighted by molar-refractivity contribution is 0.364. The molecule has 2 aromatic rings. The lowest BCUT2D eigenvalue weighted by atomic mass is 9.86. The standard InChI is InChI=1S/C19H27N3O2S/c1-19(2,3)25(23,24)22-16-11-9-15(10-12-16)18-20-13-17(21-18)14-7-5-4-6-8-14/h4-8,13,15-16,22H,9-12H2,1-3H3,(H,20,21)/t15-,16-. The Morgan fingerprint density at radius 1 is 1.08 bits per heavy atom. The maximum atomic E-state index is 12.3. The minimum absolute atomic E-state index is 0.0315. The Kier molecular flexibility index (Phi) is 5.02. The van der Waals surface area contributed by atoms with Gasteiger partial charge in [0, 0.05) is 23.7 Å². The summed E-state index contributed by atoms with van der Waals surface area (Å²) < 4.78 is 26.7. The fraction of sp³-hybridized carbons (Fsp3) is 0.526.